The van der Waals surface area contributed by atoms with E-state index in [1.54, 1.807) is 0 Å². The number of hydrogen-bond acceptors (Lipinski definition) is 2. The van der Waals surface area contributed by atoms with Gasteiger partial charge in [0.1, 0.15) is 12.4 Å². The van der Waals surface area contributed by atoms with Gasteiger partial charge in [-0.2, -0.15) is 0 Å². The second-order valence-corrected chi connectivity index (χ2v) is 3.68. The Labute approximate surface area is 101 Å². The average Bonchev–Trinajstić information content (AvgIpc) is 2.34. The minimum atomic E-state index is -0.782. The smallest absolute Gasteiger partial charge is 0.303 e. The molecule has 0 atom stereocenters. The molecule has 0 aliphatic carbocycles. The highest BCUT2D eigenvalue weighted by molar-refractivity contribution is 5.67. The molecule has 0 bridgehead atoms. The molecule has 0 unspecified atom stereocenters. The maximum atomic E-state index is 10.5. The van der Waals surface area contributed by atoms with Gasteiger partial charge in [-0.1, -0.05) is 25.0 Å². The normalized spacial score (nSPS) is 9.65. The summed E-state index contributed by atoms with van der Waals surface area (Å²) in [7, 11) is 0. The molecule has 0 spiro atoms. The summed E-state index contributed by atoms with van der Waals surface area (Å²) in [6.07, 6.45) is 6.66. The van der Waals surface area contributed by atoms with Gasteiger partial charge in [0, 0.05) is 6.42 Å². The van der Waals surface area contributed by atoms with Crippen LogP contribution in [0.25, 0.3) is 0 Å². The summed E-state index contributed by atoms with van der Waals surface area (Å²) in [5, 5.41) is 8.63. The Kier molecular flexibility index (Phi) is 5.09. The van der Waals surface area contributed by atoms with Crippen LogP contribution in [-0.2, 0) is 17.6 Å². The van der Waals surface area contributed by atoms with Gasteiger partial charge in [0.15, 0.2) is 0 Å². The fourth-order valence-corrected chi connectivity index (χ4v) is 1.58. The van der Waals surface area contributed by atoms with Crippen molar-refractivity contribution < 1.29 is 14.6 Å². The van der Waals surface area contributed by atoms with Crippen molar-refractivity contribution >= 4 is 5.97 Å². The molecule has 1 rings (SSSR count). The topological polar surface area (TPSA) is 46.5 Å². The van der Waals surface area contributed by atoms with Crippen LogP contribution in [0.15, 0.2) is 18.2 Å². The Morgan fingerprint density at radius 1 is 1.53 bits per heavy atom. The van der Waals surface area contributed by atoms with Gasteiger partial charge in [-0.15, -0.1) is 6.42 Å². The highest BCUT2D eigenvalue weighted by Gasteiger charge is 2.05. The van der Waals surface area contributed by atoms with Crippen LogP contribution in [-0.4, -0.2) is 17.7 Å². The fraction of sp³-hybridized carbons (Fsp3) is 0.357. The highest BCUT2D eigenvalue weighted by Crippen LogP contribution is 2.21. The average molecular weight is 232 g/mol. The van der Waals surface area contributed by atoms with Gasteiger partial charge in [-0.25, -0.2) is 0 Å². The van der Waals surface area contributed by atoms with E-state index in [1.165, 1.54) is 0 Å². The van der Waals surface area contributed by atoms with Crippen LogP contribution in [0.5, 0.6) is 5.75 Å². The first-order valence-corrected chi connectivity index (χ1v) is 5.57. The SMILES string of the molecule is C#CCOc1ccc(CCC(=O)O)cc1CC. The Morgan fingerprint density at radius 3 is 2.88 bits per heavy atom. The largest absolute Gasteiger partial charge is 0.481 e. The van der Waals surface area contributed by atoms with Crippen LogP contribution >= 0.6 is 0 Å². The molecular weight excluding hydrogens is 216 g/mol. The Bertz CT molecular complexity index is 430. The number of rotatable bonds is 6. The van der Waals surface area contributed by atoms with Crippen LogP contribution in [0.2, 0.25) is 0 Å². The molecule has 0 radical (unpaired) electrons. The molecule has 1 N–H and O–H groups in total. The molecular formula is C14H16O3. The van der Waals surface area contributed by atoms with E-state index < -0.39 is 5.97 Å². The second kappa shape index (κ2) is 6.59. The van der Waals surface area contributed by atoms with Crippen molar-refractivity contribution in [3.63, 3.8) is 0 Å². The van der Waals surface area contributed by atoms with Crippen molar-refractivity contribution in [2.45, 2.75) is 26.2 Å². The first-order chi connectivity index (χ1) is 8.17. The first-order valence-electron chi connectivity index (χ1n) is 5.57. The van der Waals surface area contributed by atoms with E-state index in [0.29, 0.717) is 6.42 Å². The third-order valence-electron chi connectivity index (χ3n) is 2.44. The number of benzene rings is 1. The van der Waals surface area contributed by atoms with Crippen molar-refractivity contribution in [2.75, 3.05) is 6.61 Å². The number of ether oxygens (including phenoxy) is 1. The number of hydrogen-bond donors (Lipinski definition) is 1. The number of carbonyl (C=O) groups is 1. The minimum absolute atomic E-state index is 0.147. The van der Waals surface area contributed by atoms with Gasteiger partial charge in [0.2, 0.25) is 0 Å². The lowest BCUT2D eigenvalue weighted by atomic mass is 10.0. The van der Waals surface area contributed by atoms with E-state index in [9.17, 15) is 4.79 Å². The molecule has 0 amide bonds. The van der Waals surface area contributed by atoms with Crippen molar-refractivity contribution in [1.29, 1.82) is 0 Å². The quantitative estimate of drug-likeness (QED) is 0.765. The predicted octanol–water partition coefficient (Wildman–Crippen LogP) is 2.28. The number of aliphatic carboxylic acids is 1. The van der Waals surface area contributed by atoms with Gasteiger partial charge in [-0.05, 0) is 30.0 Å². The van der Waals surface area contributed by atoms with E-state index in [-0.39, 0.29) is 13.0 Å². The molecule has 0 saturated carbocycles. The summed E-state index contributed by atoms with van der Waals surface area (Å²) < 4.78 is 5.41. The fourth-order valence-electron chi connectivity index (χ4n) is 1.58. The number of aryl methyl sites for hydroxylation is 2. The Balaban J connectivity index is 2.77. The lowest BCUT2D eigenvalue weighted by Gasteiger charge is -2.10. The predicted molar refractivity (Wildman–Crippen MR) is 66.1 cm³/mol. The highest BCUT2D eigenvalue weighted by atomic mass is 16.5. The molecule has 1 aromatic carbocycles. The van der Waals surface area contributed by atoms with E-state index in [0.717, 1.165) is 23.3 Å². The van der Waals surface area contributed by atoms with E-state index in [2.05, 4.69) is 5.92 Å². The van der Waals surface area contributed by atoms with E-state index in [1.807, 2.05) is 25.1 Å². The van der Waals surface area contributed by atoms with Gasteiger partial charge < -0.3 is 9.84 Å². The van der Waals surface area contributed by atoms with Crippen molar-refractivity contribution in [1.82, 2.24) is 0 Å². The minimum Gasteiger partial charge on any atom is -0.481 e. The zero-order chi connectivity index (χ0) is 12.7. The van der Waals surface area contributed by atoms with Crippen molar-refractivity contribution in [2.24, 2.45) is 0 Å². The number of carboxylic acid groups (broad SMARTS) is 1. The lowest BCUT2D eigenvalue weighted by molar-refractivity contribution is -0.136. The summed E-state index contributed by atoms with van der Waals surface area (Å²) in [5.41, 5.74) is 2.07. The first kappa shape index (κ1) is 13.1. The number of terminal acetylenes is 1. The maximum Gasteiger partial charge on any atom is 0.303 e. The van der Waals surface area contributed by atoms with Crippen LogP contribution in [0.3, 0.4) is 0 Å². The lowest BCUT2D eigenvalue weighted by Crippen LogP contribution is -2.00. The van der Waals surface area contributed by atoms with Gasteiger partial charge in [0.05, 0.1) is 0 Å². The molecule has 3 nitrogen and oxygen atoms in total. The van der Waals surface area contributed by atoms with Gasteiger partial charge in [-0.3, -0.25) is 4.79 Å². The Morgan fingerprint density at radius 2 is 2.29 bits per heavy atom. The zero-order valence-electron chi connectivity index (χ0n) is 9.90. The second-order valence-electron chi connectivity index (χ2n) is 3.68. The molecule has 0 aromatic heterocycles. The van der Waals surface area contributed by atoms with Crippen molar-refractivity contribution in [3.05, 3.63) is 29.3 Å². The zero-order valence-corrected chi connectivity index (χ0v) is 9.90. The Hall–Kier alpha value is -1.95. The third kappa shape index (κ3) is 4.20. The van der Waals surface area contributed by atoms with Crippen LogP contribution in [0.4, 0.5) is 0 Å². The molecule has 0 aliphatic heterocycles. The molecule has 17 heavy (non-hydrogen) atoms. The summed E-state index contributed by atoms with van der Waals surface area (Å²) in [5.74, 6) is 2.42. The summed E-state index contributed by atoms with van der Waals surface area (Å²) in [4.78, 5) is 10.5. The molecule has 0 aliphatic rings. The molecule has 1 aromatic rings. The maximum absolute atomic E-state index is 10.5. The van der Waals surface area contributed by atoms with E-state index >= 15 is 0 Å². The molecule has 0 fully saturated rings. The summed E-state index contributed by atoms with van der Waals surface area (Å²) >= 11 is 0. The van der Waals surface area contributed by atoms with Crippen molar-refractivity contribution in [3.8, 4) is 18.1 Å². The molecule has 0 heterocycles. The van der Waals surface area contributed by atoms with Gasteiger partial charge >= 0.3 is 5.97 Å². The summed E-state index contributed by atoms with van der Waals surface area (Å²) in [6, 6.07) is 5.72. The van der Waals surface area contributed by atoms with Crippen LogP contribution < -0.4 is 4.74 Å². The molecule has 3 heteroatoms. The van der Waals surface area contributed by atoms with Crippen LogP contribution in [0.1, 0.15) is 24.5 Å². The monoisotopic (exact) mass is 232 g/mol. The number of carboxylic acids is 1. The summed E-state index contributed by atoms with van der Waals surface area (Å²) in [6.45, 7) is 2.28. The molecule has 90 valence electrons. The van der Waals surface area contributed by atoms with E-state index in [4.69, 9.17) is 16.3 Å². The van der Waals surface area contributed by atoms with Crippen LogP contribution in [0, 0.1) is 12.3 Å². The molecule has 0 saturated heterocycles. The standard InChI is InChI=1S/C14H16O3/c1-3-9-17-13-7-5-11(6-8-14(15)16)10-12(13)4-2/h1,5,7,10H,4,6,8-9H2,2H3,(H,15,16). The van der Waals surface area contributed by atoms with Gasteiger partial charge in [0.25, 0.3) is 0 Å². The third-order valence-corrected chi connectivity index (χ3v) is 2.44.